The Bertz CT molecular complexity index is 172. The van der Waals surface area contributed by atoms with Crippen LogP contribution in [0.3, 0.4) is 0 Å². The van der Waals surface area contributed by atoms with E-state index in [2.05, 4.69) is 0 Å². The molecule has 1 aliphatic rings. The molecular formula is C7H10O3. The normalized spacial score (nSPS) is 25.2. The van der Waals surface area contributed by atoms with Gasteiger partial charge in [-0.1, -0.05) is 0 Å². The Labute approximate surface area is 59.6 Å². The van der Waals surface area contributed by atoms with Crippen molar-refractivity contribution in [2.45, 2.75) is 19.4 Å². The van der Waals surface area contributed by atoms with Crippen LogP contribution in [-0.4, -0.2) is 19.2 Å². The molecule has 1 atom stereocenters. The Morgan fingerprint density at radius 3 is 3.00 bits per heavy atom. The maximum Gasteiger partial charge on any atom is 0.334 e. The Morgan fingerprint density at radius 2 is 2.50 bits per heavy atom. The van der Waals surface area contributed by atoms with Crippen LogP contribution in [0.2, 0.25) is 0 Å². The van der Waals surface area contributed by atoms with Crippen LogP contribution in [0, 0.1) is 0 Å². The van der Waals surface area contributed by atoms with Crippen molar-refractivity contribution < 1.29 is 14.3 Å². The van der Waals surface area contributed by atoms with Gasteiger partial charge in [0, 0.05) is 6.42 Å². The minimum absolute atomic E-state index is 0.0487. The first kappa shape index (κ1) is 7.12. The fourth-order valence-electron chi connectivity index (χ4n) is 0.890. The summed E-state index contributed by atoms with van der Waals surface area (Å²) < 4.78 is 9.72. The van der Waals surface area contributed by atoms with E-state index in [9.17, 15) is 4.79 Å². The lowest BCUT2D eigenvalue weighted by molar-refractivity contribution is -0.144. The quantitative estimate of drug-likeness (QED) is 0.509. The zero-order valence-corrected chi connectivity index (χ0v) is 6.09. The third-order valence-electron chi connectivity index (χ3n) is 1.35. The molecule has 0 saturated carbocycles. The lowest BCUT2D eigenvalue weighted by Gasteiger charge is -2.17. The first-order valence-electron chi connectivity index (χ1n) is 3.17. The van der Waals surface area contributed by atoms with E-state index in [1.807, 2.05) is 6.92 Å². The van der Waals surface area contributed by atoms with Crippen molar-refractivity contribution in [1.29, 1.82) is 0 Å². The van der Waals surface area contributed by atoms with E-state index in [1.54, 1.807) is 7.11 Å². The Hall–Kier alpha value is -0.990. The van der Waals surface area contributed by atoms with Gasteiger partial charge in [-0.05, 0) is 6.92 Å². The lowest BCUT2D eigenvalue weighted by Crippen LogP contribution is -2.19. The van der Waals surface area contributed by atoms with Gasteiger partial charge < -0.3 is 9.47 Å². The molecule has 0 aromatic rings. The SMILES string of the molecule is COC1=CC(=O)OC(C)C1. The molecule has 3 nitrogen and oxygen atoms in total. The standard InChI is InChI=1S/C7H10O3/c1-5-3-6(9-2)4-7(8)10-5/h4-5H,3H2,1-2H3. The Balaban J connectivity index is 2.65. The second kappa shape index (κ2) is 2.73. The number of carbonyl (C=O) groups excluding carboxylic acids is 1. The molecule has 1 rings (SSSR count). The maximum atomic E-state index is 10.7. The van der Waals surface area contributed by atoms with E-state index < -0.39 is 0 Å². The number of methoxy groups -OCH3 is 1. The van der Waals surface area contributed by atoms with Crippen molar-refractivity contribution in [2.24, 2.45) is 0 Å². The molecule has 10 heavy (non-hydrogen) atoms. The van der Waals surface area contributed by atoms with E-state index in [1.165, 1.54) is 6.08 Å². The van der Waals surface area contributed by atoms with Crippen LogP contribution < -0.4 is 0 Å². The summed E-state index contributed by atoms with van der Waals surface area (Å²) in [4.78, 5) is 10.7. The van der Waals surface area contributed by atoms with Crippen LogP contribution in [0.15, 0.2) is 11.8 Å². The molecule has 0 fully saturated rings. The molecule has 0 saturated heterocycles. The molecule has 0 aliphatic carbocycles. The molecule has 0 bridgehead atoms. The highest BCUT2D eigenvalue weighted by molar-refractivity contribution is 5.83. The van der Waals surface area contributed by atoms with E-state index >= 15 is 0 Å². The molecule has 56 valence electrons. The number of cyclic esters (lactones) is 1. The highest BCUT2D eigenvalue weighted by Gasteiger charge is 2.17. The summed E-state index contributed by atoms with van der Waals surface area (Å²) in [6, 6.07) is 0. The Morgan fingerprint density at radius 1 is 1.80 bits per heavy atom. The van der Waals surface area contributed by atoms with Gasteiger partial charge in [0.1, 0.15) is 11.9 Å². The number of hydrogen-bond acceptors (Lipinski definition) is 3. The number of ether oxygens (including phenoxy) is 2. The van der Waals surface area contributed by atoms with Gasteiger partial charge in [0.25, 0.3) is 0 Å². The molecule has 0 spiro atoms. The smallest absolute Gasteiger partial charge is 0.334 e. The lowest BCUT2D eigenvalue weighted by atomic mass is 10.2. The van der Waals surface area contributed by atoms with Crippen LogP contribution in [0.4, 0.5) is 0 Å². The summed E-state index contributed by atoms with van der Waals surface area (Å²) in [5.41, 5.74) is 0. The Kier molecular flexibility index (Phi) is 1.94. The monoisotopic (exact) mass is 142 g/mol. The zero-order chi connectivity index (χ0) is 7.56. The second-order valence-electron chi connectivity index (χ2n) is 2.27. The van der Waals surface area contributed by atoms with E-state index in [0.717, 1.165) is 0 Å². The van der Waals surface area contributed by atoms with Crippen LogP contribution in [0.25, 0.3) is 0 Å². The molecule has 1 aliphatic heterocycles. The van der Waals surface area contributed by atoms with Gasteiger partial charge in [0.05, 0.1) is 13.2 Å². The fraction of sp³-hybridized carbons (Fsp3) is 0.571. The first-order chi connectivity index (χ1) is 4.72. The molecule has 1 unspecified atom stereocenters. The highest BCUT2D eigenvalue weighted by Crippen LogP contribution is 2.14. The summed E-state index contributed by atoms with van der Waals surface area (Å²) in [5.74, 6) is 0.388. The molecular weight excluding hydrogens is 132 g/mol. The minimum Gasteiger partial charge on any atom is -0.501 e. The van der Waals surface area contributed by atoms with Crippen LogP contribution in [0.5, 0.6) is 0 Å². The van der Waals surface area contributed by atoms with E-state index in [-0.39, 0.29) is 12.1 Å². The molecule has 1 heterocycles. The van der Waals surface area contributed by atoms with E-state index in [0.29, 0.717) is 12.2 Å². The summed E-state index contributed by atoms with van der Waals surface area (Å²) in [7, 11) is 1.55. The molecule has 0 N–H and O–H groups in total. The maximum absolute atomic E-state index is 10.7. The number of carbonyl (C=O) groups is 1. The average Bonchev–Trinajstić information content (AvgIpc) is 1.85. The number of esters is 1. The topological polar surface area (TPSA) is 35.5 Å². The zero-order valence-electron chi connectivity index (χ0n) is 6.09. The van der Waals surface area contributed by atoms with Gasteiger partial charge in [-0.3, -0.25) is 0 Å². The average molecular weight is 142 g/mol. The summed E-state index contributed by atoms with van der Waals surface area (Å²) in [5, 5.41) is 0. The van der Waals surface area contributed by atoms with Crippen molar-refractivity contribution in [3.8, 4) is 0 Å². The summed E-state index contributed by atoms with van der Waals surface area (Å²) in [6.07, 6.45) is 2.01. The van der Waals surface area contributed by atoms with Crippen LogP contribution >= 0.6 is 0 Å². The second-order valence-corrected chi connectivity index (χ2v) is 2.27. The summed E-state index contributed by atoms with van der Waals surface area (Å²) in [6.45, 7) is 1.84. The van der Waals surface area contributed by atoms with Crippen molar-refractivity contribution in [1.82, 2.24) is 0 Å². The summed E-state index contributed by atoms with van der Waals surface area (Å²) >= 11 is 0. The van der Waals surface area contributed by atoms with Gasteiger partial charge >= 0.3 is 5.97 Å². The van der Waals surface area contributed by atoms with Crippen molar-refractivity contribution in [2.75, 3.05) is 7.11 Å². The van der Waals surface area contributed by atoms with Gasteiger partial charge in [-0.2, -0.15) is 0 Å². The molecule has 0 aromatic heterocycles. The predicted molar refractivity (Wildman–Crippen MR) is 35.3 cm³/mol. The van der Waals surface area contributed by atoms with Crippen LogP contribution in [0.1, 0.15) is 13.3 Å². The largest absolute Gasteiger partial charge is 0.501 e. The molecule has 0 radical (unpaired) electrons. The first-order valence-corrected chi connectivity index (χ1v) is 3.17. The van der Waals surface area contributed by atoms with Crippen LogP contribution in [-0.2, 0) is 14.3 Å². The third-order valence-corrected chi connectivity index (χ3v) is 1.35. The van der Waals surface area contributed by atoms with Crippen molar-refractivity contribution in [3.63, 3.8) is 0 Å². The van der Waals surface area contributed by atoms with Gasteiger partial charge in [-0.25, -0.2) is 4.79 Å². The van der Waals surface area contributed by atoms with E-state index in [4.69, 9.17) is 9.47 Å². The van der Waals surface area contributed by atoms with Crippen molar-refractivity contribution in [3.05, 3.63) is 11.8 Å². The highest BCUT2D eigenvalue weighted by atomic mass is 16.5. The third kappa shape index (κ3) is 1.50. The number of rotatable bonds is 1. The molecule has 0 aromatic carbocycles. The number of hydrogen-bond donors (Lipinski definition) is 0. The molecule has 0 amide bonds. The van der Waals surface area contributed by atoms with Gasteiger partial charge in [0.15, 0.2) is 0 Å². The molecule has 3 heteroatoms. The fourth-order valence-corrected chi connectivity index (χ4v) is 0.890. The minimum atomic E-state index is -0.310. The van der Waals surface area contributed by atoms with Gasteiger partial charge in [0.2, 0.25) is 0 Å². The predicted octanol–water partition coefficient (Wildman–Crippen LogP) is 0.852. The van der Waals surface area contributed by atoms with Crippen molar-refractivity contribution >= 4 is 5.97 Å². The van der Waals surface area contributed by atoms with Gasteiger partial charge in [-0.15, -0.1) is 0 Å².